The van der Waals surface area contributed by atoms with Crippen molar-refractivity contribution in [2.45, 2.75) is 38.5 Å². The van der Waals surface area contributed by atoms with E-state index in [2.05, 4.69) is 27.9 Å². The van der Waals surface area contributed by atoms with Crippen LogP contribution in [0.5, 0.6) is 6.01 Å². The lowest BCUT2D eigenvalue weighted by atomic mass is 10.0. The van der Waals surface area contributed by atoms with E-state index in [-0.39, 0.29) is 31.6 Å². The van der Waals surface area contributed by atoms with Crippen LogP contribution >= 0.6 is 0 Å². The van der Waals surface area contributed by atoms with E-state index in [9.17, 15) is 20.0 Å². The zero-order valence-electron chi connectivity index (χ0n) is 22.7. The van der Waals surface area contributed by atoms with E-state index >= 15 is 0 Å². The normalized spacial score (nSPS) is 21.1. The molecule has 2 fully saturated rings. The zero-order valence-corrected chi connectivity index (χ0v) is 22.7. The maximum Gasteiger partial charge on any atom is 0.410 e. The second-order valence-electron chi connectivity index (χ2n) is 10.6. The number of carbonyl (C=O) groups is 2. The SMILES string of the molecule is CN1CC[C@@H](COc2nc3c(c(N4CCN(C(=O)OCc5ccccc5)C(CC#N)C4)n2)CCN(C(=O)O)C3)C1. The van der Waals surface area contributed by atoms with Gasteiger partial charge in [-0.1, -0.05) is 30.3 Å². The van der Waals surface area contributed by atoms with Gasteiger partial charge in [-0.05, 0) is 32.0 Å². The fourth-order valence-electron chi connectivity index (χ4n) is 5.60. The second-order valence-corrected chi connectivity index (χ2v) is 10.6. The monoisotopic (exact) mass is 549 g/mol. The first-order valence-electron chi connectivity index (χ1n) is 13.7. The second kappa shape index (κ2) is 12.4. The number of rotatable bonds is 7. The molecular weight excluding hydrogens is 514 g/mol. The van der Waals surface area contributed by atoms with Gasteiger partial charge in [0.2, 0.25) is 0 Å². The molecule has 212 valence electrons. The van der Waals surface area contributed by atoms with Crippen LogP contribution in [0.4, 0.5) is 15.4 Å². The summed E-state index contributed by atoms with van der Waals surface area (Å²) in [7, 11) is 2.09. The predicted molar refractivity (Wildman–Crippen MR) is 145 cm³/mol. The molecule has 2 atom stereocenters. The molecule has 4 heterocycles. The number of nitrogens with zero attached hydrogens (tertiary/aromatic N) is 7. The van der Waals surface area contributed by atoms with Crippen molar-refractivity contribution in [3.05, 3.63) is 47.2 Å². The minimum Gasteiger partial charge on any atom is -0.465 e. The molecule has 3 aliphatic rings. The molecule has 1 unspecified atom stereocenters. The molecule has 1 N–H and O–H groups in total. The van der Waals surface area contributed by atoms with Gasteiger partial charge in [0.25, 0.3) is 0 Å². The van der Waals surface area contributed by atoms with E-state index in [1.54, 1.807) is 4.90 Å². The van der Waals surface area contributed by atoms with Gasteiger partial charge in [0.15, 0.2) is 0 Å². The van der Waals surface area contributed by atoms with Crippen LogP contribution in [-0.2, 0) is 24.3 Å². The van der Waals surface area contributed by atoms with Gasteiger partial charge >= 0.3 is 18.2 Å². The van der Waals surface area contributed by atoms with Crippen LogP contribution in [0.1, 0.15) is 29.7 Å². The zero-order chi connectivity index (χ0) is 28.1. The third-order valence-electron chi connectivity index (χ3n) is 7.78. The average Bonchev–Trinajstić information content (AvgIpc) is 3.39. The molecule has 3 aliphatic heterocycles. The van der Waals surface area contributed by atoms with Crippen LogP contribution in [0.3, 0.4) is 0 Å². The highest BCUT2D eigenvalue weighted by Gasteiger charge is 2.35. The topological polar surface area (TPSA) is 135 Å². The lowest BCUT2D eigenvalue weighted by molar-refractivity contribution is 0.0767. The van der Waals surface area contributed by atoms with E-state index in [0.29, 0.717) is 56.6 Å². The number of carboxylic acid groups (broad SMARTS) is 1. The van der Waals surface area contributed by atoms with Crippen LogP contribution in [0.2, 0.25) is 0 Å². The first-order valence-corrected chi connectivity index (χ1v) is 13.7. The van der Waals surface area contributed by atoms with E-state index < -0.39 is 12.2 Å². The van der Waals surface area contributed by atoms with Crippen molar-refractivity contribution >= 4 is 18.0 Å². The van der Waals surface area contributed by atoms with Crippen LogP contribution < -0.4 is 9.64 Å². The summed E-state index contributed by atoms with van der Waals surface area (Å²) < 4.78 is 11.6. The number of amides is 2. The Hall–Kier alpha value is -4.11. The number of ether oxygens (including phenoxy) is 2. The largest absolute Gasteiger partial charge is 0.465 e. The Labute approximate surface area is 233 Å². The standard InChI is InChI=1S/C28H35N7O5/c1-32-11-8-21(15-32)19-39-26-30-24-17-34(27(36)37)12-9-23(24)25(31-26)33-13-14-35(22(16-33)7-10-29)28(38)40-18-20-5-3-2-4-6-20/h2-6,21-22H,7-9,11-19H2,1H3,(H,36,37)/t21-,22?/m1/s1. The minimum atomic E-state index is -0.987. The smallest absolute Gasteiger partial charge is 0.410 e. The van der Waals surface area contributed by atoms with Gasteiger partial charge in [-0.25, -0.2) is 9.59 Å². The maximum absolute atomic E-state index is 13.0. The minimum absolute atomic E-state index is 0.148. The Kier molecular flexibility index (Phi) is 8.50. The molecule has 0 bridgehead atoms. The van der Waals surface area contributed by atoms with Crippen molar-refractivity contribution < 1.29 is 24.2 Å². The summed E-state index contributed by atoms with van der Waals surface area (Å²) in [4.78, 5) is 41.4. The summed E-state index contributed by atoms with van der Waals surface area (Å²) in [5, 5.41) is 19.1. The summed E-state index contributed by atoms with van der Waals surface area (Å²) in [6.07, 6.45) is 0.233. The fraction of sp³-hybridized carbons (Fsp3) is 0.536. The molecule has 2 saturated heterocycles. The Morgan fingerprint density at radius 2 is 1.95 bits per heavy atom. The van der Waals surface area contributed by atoms with Gasteiger partial charge in [0, 0.05) is 44.2 Å². The summed E-state index contributed by atoms with van der Waals surface area (Å²) in [6.45, 7) is 4.38. The first kappa shape index (κ1) is 27.5. The van der Waals surface area contributed by atoms with Crippen LogP contribution in [0, 0.1) is 17.2 Å². The molecule has 12 nitrogen and oxygen atoms in total. The maximum atomic E-state index is 13.0. The Balaban J connectivity index is 1.33. The fourth-order valence-corrected chi connectivity index (χ4v) is 5.60. The third-order valence-corrected chi connectivity index (χ3v) is 7.78. The summed E-state index contributed by atoms with van der Waals surface area (Å²) in [5.41, 5.74) is 2.42. The number of nitriles is 1. The summed E-state index contributed by atoms with van der Waals surface area (Å²) in [6, 6.07) is 11.5. The highest BCUT2D eigenvalue weighted by atomic mass is 16.6. The Morgan fingerprint density at radius 3 is 2.67 bits per heavy atom. The van der Waals surface area contributed by atoms with Gasteiger partial charge in [-0.3, -0.25) is 0 Å². The summed E-state index contributed by atoms with van der Waals surface area (Å²) in [5.74, 6) is 1.07. The molecule has 1 aromatic heterocycles. The van der Waals surface area contributed by atoms with Crippen molar-refractivity contribution in [3.63, 3.8) is 0 Å². The van der Waals surface area contributed by atoms with Crippen molar-refractivity contribution in [1.82, 2.24) is 24.7 Å². The number of aromatic nitrogens is 2. The van der Waals surface area contributed by atoms with E-state index in [4.69, 9.17) is 14.5 Å². The number of piperazine rings is 1. The predicted octanol–water partition coefficient (Wildman–Crippen LogP) is 2.58. The molecular formula is C28H35N7O5. The van der Waals surface area contributed by atoms with Gasteiger partial charge in [0.1, 0.15) is 12.4 Å². The molecule has 0 radical (unpaired) electrons. The van der Waals surface area contributed by atoms with Crippen molar-refractivity contribution in [2.24, 2.45) is 5.92 Å². The average molecular weight is 550 g/mol. The van der Waals surface area contributed by atoms with Gasteiger partial charge < -0.3 is 34.2 Å². The molecule has 0 saturated carbocycles. The van der Waals surface area contributed by atoms with E-state index in [1.807, 2.05) is 30.3 Å². The molecule has 12 heteroatoms. The van der Waals surface area contributed by atoms with Crippen LogP contribution in [0.15, 0.2) is 30.3 Å². The number of carbonyl (C=O) groups excluding carboxylic acids is 1. The van der Waals surface area contributed by atoms with Crippen molar-refractivity contribution in [1.29, 1.82) is 5.26 Å². The van der Waals surface area contributed by atoms with Crippen LogP contribution in [-0.4, -0.2) is 101 Å². The number of hydrogen-bond donors (Lipinski definition) is 1. The Bertz CT molecular complexity index is 1250. The highest BCUT2D eigenvalue weighted by molar-refractivity contribution is 5.69. The number of benzene rings is 1. The third kappa shape index (κ3) is 6.37. The van der Waals surface area contributed by atoms with E-state index in [1.165, 1.54) is 4.90 Å². The number of anilines is 1. The van der Waals surface area contributed by atoms with Gasteiger partial charge in [-0.15, -0.1) is 0 Å². The first-order chi connectivity index (χ1) is 19.4. The quantitative estimate of drug-likeness (QED) is 0.549. The molecule has 2 amide bonds. The molecule has 0 spiro atoms. The Morgan fingerprint density at radius 1 is 1.12 bits per heavy atom. The van der Waals surface area contributed by atoms with Crippen molar-refractivity contribution in [2.75, 3.05) is 57.8 Å². The molecule has 1 aromatic carbocycles. The molecule has 2 aromatic rings. The van der Waals surface area contributed by atoms with Crippen LogP contribution in [0.25, 0.3) is 0 Å². The van der Waals surface area contributed by atoms with Gasteiger partial charge in [0.05, 0.1) is 37.4 Å². The summed E-state index contributed by atoms with van der Waals surface area (Å²) >= 11 is 0. The number of likely N-dealkylation sites (tertiary alicyclic amines) is 1. The van der Waals surface area contributed by atoms with Gasteiger partial charge in [-0.2, -0.15) is 15.2 Å². The molecule has 5 rings (SSSR count). The molecule has 0 aliphatic carbocycles. The van der Waals surface area contributed by atoms with Crippen molar-refractivity contribution in [3.8, 4) is 12.1 Å². The molecule has 40 heavy (non-hydrogen) atoms. The lowest BCUT2D eigenvalue weighted by Gasteiger charge is -2.41. The lowest BCUT2D eigenvalue weighted by Crippen LogP contribution is -2.55. The number of fused-ring (bicyclic) bond motifs is 1. The highest BCUT2D eigenvalue weighted by Crippen LogP contribution is 2.31. The van der Waals surface area contributed by atoms with E-state index in [0.717, 1.165) is 30.6 Å². The number of hydrogen-bond acceptors (Lipinski definition) is 9.